The summed E-state index contributed by atoms with van der Waals surface area (Å²) >= 11 is 0. The van der Waals surface area contributed by atoms with Crippen LogP contribution in [0.2, 0.25) is 0 Å². The van der Waals surface area contributed by atoms with E-state index in [-0.39, 0.29) is 24.5 Å². The van der Waals surface area contributed by atoms with Crippen LogP contribution in [0.4, 0.5) is 5.69 Å². The Morgan fingerprint density at radius 3 is 2.57 bits per heavy atom. The molecule has 0 bridgehead atoms. The first-order chi connectivity index (χ1) is 9.74. The van der Waals surface area contributed by atoms with Gasteiger partial charge in [0, 0.05) is 0 Å². The first kappa shape index (κ1) is 16.8. The summed E-state index contributed by atoms with van der Waals surface area (Å²) in [4.78, 5) is 21.4. The van der Waals surface area contributed by atoms with Crippen LogP contribution in [0.25, 0.3) is 0 Å². The Morgan fingerprint density at radius 2 is 2.00 bits per heavy atom. The number of nitrogens with two attached hydrogens (primary N) is 1. The van der Waals surface area contributed by atoms with Crippen molar-refractivity contribution in [2.75, 3.05) is 11.3 Å². The summed E-state index contributed by atoms with van der Waals surface area (Å²) in [5, 5.41) is 7.15. The molecule has 8 nitrogen and oxygen atoms in total. The number of carboxylic acid groups (broad SMARTS) is 1. The number of hydrogen-bond acceptors (Lipinski definition) is 5. The largest absolute Gasteiger partial charge is 0.491 e. The van der Waals surface area contributed by atoms with Gasteiger partial charge in [-0.3, -0.25) is 14.3 Å². The molecule has 21 heavy (non-hydrogen) atoms. The summed E-state index contributed by atoms with van der Waals surface area (Å²) in [6.07, 6.45) is -0.0212. The lowest BCUT2D eigenvalue weighted by Gasteiger charge is -2.15. The number of benzene rings is 1. The van der Waals surface area contributed by atoms with Crippen LogP contribution in [0.1, 0.15) is 13.3 Å². The molecule has 0 aliphatic carbocycles. The van der Waals surface area contributed by atoms with Crippen LogP contribution in [0.15, 0.2) is 24.3 Å². The number of primary amides is 1. The fourth-order valence-electron chi connectivity index (χ4n) is 1.31. The molecule has 0 aliphatic heterocycles. The lowest BCUT2D eigenvalue weighted by Crippen LogP contribution is -2.32. The van der Waals surface area contributed by atoms with E-state index in [0.29, 0.717) is 0 Å². The molecule has 1 aromatic rings. The molecule has 1 atom stereocenters. The van der Waals surface area contributed by atoms with E-state index in [1.165, 1.54) is 12.1 Å². The zero-order valence-electron chi connectivity index (χ0n) is 11.3. The van der Waals surface area contributed by atoms with E-state index in [2.05, 4.69) is 4.72 Å². The van der Waals surface area contributed by atoms with E-state index in [1.807, 2.05) is 0 Å². The van der Waals surface area contributed by atoms with E-state index in [0.717, 1.165) is 6.92 Å². The molecular formula is C12H16N2O6S. The minimum absolute atomic E-state index is 0.0114. The number of ether oxygens (including phenoxy) is 1. The fraction of sp³-hybridized carbons (Fsp3) is 0.333. The van der Waals surface area contributed by atoms with Gasteiger partial charge in [0.1, 0.15) is 5.75 Å². The maximum absolute atomic E-state index is 11.9. The molecule has 9 heteroatoms. The molecular weight excluding hydrogens is 300 g/mol. The van der Waals surface area contributed by atoms with Crippen LogP contribution >= 0.6 is 0 Å². The molecule has 0 saturated carbocycles. The van der Waals surface area contributed by atoms with Gasteiger partial charge in [-0.2, -0.15) is 0 Å². The Kier molecular flexibility index (Phi) is 5.53. The average molecular weight is 316 g/mol. The monoisotopic (exact) mass is 316 g/mol. The molecule has 0 aromatic heterocycles. The second-order valence-corrected chi connectivity index (χ2v) is 6.19. The molecule has 116 valence electrons. The smallest absolute Gasteiger partial charge is 0.323 e. The van der Waals surface area contributed by atoms with Gasteiger partial charge in [0.2, 0.25) is 15.9 Å². The van der Waals surface area contributed by atoms with Crippen LogP contribution in [0.5, 0.6) is 5.75 Å². The Morgan fingerprint density at radius 1 is 1.38 bits per heavy atom. The Labute approximate surface area is 122 Å². The van der Waals surface area contributed by atoms with Gasteiger partial charge in [-0.15, -0.1) is 0 Å². The number of nitrogens with one attached hydrogen (secondary N) is 1. The number of anilines is 1. The van der Waals surface area contributed by atoms with Crippen molar-refractivity contribution in [1.29, 1.82) is 0 Å². The summed E-state index contributed by atoms with van der Waals surface area (Å²) < 4.78 is 31.1. The second kappa shape index (κ2) is 6.93. The van der Waals surface area contributed by atoms with Gasteiger partial charge < -0.3 is 15.6 Å². The van der Waals surface area contributed by atoms with Crippen molar-refractivity contribution in [1.82, 2.24) is 0 Å². The van der Waals surface area contributed by atoms with Crippen molar-refractivity contribution < 1.29 is 27.9 Å². The maximum atomic E-state index is 11.9. The summed E-state index contributed by atoms with van der Waals surface area (Å²) in [7, 11) is -4.10. The van der Waals surface area contributed by atoms with E-state index in [9.17, 15) is 18.0 Å². The maximum Gasteiger partial charge on any atom is 0.323 e. The number of amides is 1. The summed E-state index contributed by atoms with van der Waals surface area (Å²) in [5.74, 6) is -1.83. The molecule has 0 radical (unpaired) electrons. The van der Waals surface area contributed by atoms with Gasteiger partial charge in [-0.1, -0.05) is 12.1 Å². The second-order valence-electron chi connectivity index (χ2n) is 4.19. The quantitative estimate of drug-likeness (QED) is 0.625. The number of sulfonamides is 1. The highest BCUT2D eigenvalue weighted by molar-refractivity contribution is 7.94. The number of hydrogen-bond donors (Lipinski definition) is 3. The predicted molar refractivity (Wildman–Crippen MR) is 75.4 cm³/mol. The highest BCUT2D eigenvalue weighted by atomic mass is 32.2. The molecule has 4 N–H and O–H groups in total. The third-order valence-electron chi connectivity index (χ3n) is 2.56. The standard InChI is InChI=1S/C12H16N2O6S/c1-8(12(16)17)21(18,19)14-9-4-2-3-5-10(9)20-7-6-11(13)15/h2-5,8,14H,6-7H2,1H3,(H2,13,15)(H,16,17). The number of carboxylic acids is 1. The van der Waals surface area contributed by atoms with Gasteiger partial charge in [0.15, 0.2) is 5.25 Å². The normalized spacial score (nSPS) is 12.4. The topological polar surface area (TPSA) is 136 Å². The zero-order chi connectivity index (χ0) is 16.0. The van der Waals surface area contributed by atoms with Gasteiger partial charge in [-0.25, -0.2) is 8.42 Å². The van der Waals surface area contributed by atoms with Crippen molar-refractivity contribution in [3.63, 3.8) is 0 Å². The van der Waals surface area contributed by atoms with Gasteiger partial charge in [0.25, 0.3) is 0 Å². The molecule has 1 unspecified atom stereocenters. The van der Waals surface area contributed by atoms with E-state index >= 15 is 0 Å². The van der Waals surface area contributed by atoms with Crippen molar-refractivity contribution in [3.8, 4) is 5.75 Å². The lowest BCUT2D eigenvalue weighted by atomic mass is 10.3. The van der Waals surface area contributed by atoms with Crippen LogP contribution in [0, 0.1) is 0 Å². The van der Waals surface area contributed by atoms with Crippen molar-refractivity contribution in [2.24, 2.45) is 5.73 Å². The zero-order valence-corrected chi connectivity index (χ0v) is 12.1. The number of carbonyl (C=O) groups excluding carboxylic acids is 1. The van der Waals surface area contributed by atoms with Gasteiger partial charge in [0.05, 0.1) is 18.7 Å². The molecule has 1 rings (SSSR count). The number of aliphatic carboxylic acids is 1. The molecule has 1 amide bonds. The first-order valence-corrected chi connectivity index (χ1v) is 7.53. The molecule has 0 fully saturated rings. The van der Waals surface area contributed by atoms with Crippen molar-refractivity contribution in [2.45, 2.75) is 18.6 Å². The Balaban J connectivity index is 2.88. The minimum Gasteiger partial charge on any atom is -0.491 e. The molecule has 0 saturated heterocycles. The van der Waals surface area contributed by atoms with Crippen LogP contribution < -0.4 is 15.2 Å². The highest BCUT2D eigenvalue weighted by Gasteiger charge is 2.28. The highest BCUT2D eigenvalue weighted by Crippen LogP contribution is 2.25. The van der Waals surface area contributed by atoms with Gasteiger partial charge in [-0.05, 0) is 19.1 Å². The Bertz CT molecular complexity index is 628. The summed E-state index contributed by atoms with van der Waals surface area (Å²) in [6.45, 7) is 1.05. The third-order valence-corrected chi connectivity index (χ3v) is 4.20. The number of para-hydroxylation sites is 2. The summed E-state index contributed by atoms with van der Waals surface area (Å²) in [5.41, 5.74) is 5.07. The van der Waals surface area contributed by atoms with Crippen LogP contribution in [-0.4, -0.2) is 37.3 Å². The first-order valence-electron chi connectivity index (χ1n) is 5.98. The molecule has 0 spiro atoms. The SMILES string of the molecule is CC(C(=O)O)S(=O)(=O)Nc1ccccc1OCCC(N)=O. The van der Waals surface area contributed by atoms with E-state index < -0.39 is 27.1 Å². The van der Waals surface area contributed by atoms with Crippen LogP contribution in [0.3, 0.4) is 0 Å². The van der Waals surface area contributed by atoms with E-state index in [4.69, 9.17) is 15.6 Å². The van der Waals surface area contributed by atoms with E-state index in [1.54, 1.807) is 12.1 Å². The minimum atomic E-state index is -4.10. The van der Waals surface area contributed by atoms with Crippen molar-refractivity contribution in [3.05, 3.63) is 24.3 Å². The molecule has 0 heterocycles. The van der Waals surface area contributed by atoms with Crippen LogP contribution in [-0.2, 0) is 19.6 Å². The number of rotatable bonds is 8. The average Bonchev–Trinajstić information content (AvgIpc) is 2.39. The molecule has 0 aliphatic rings. The Hall–Kier alpha value is -2.29. The molecule has 1 aromatic carbocycles. The van der Waals surface area contributed by atoms with Gasteiger partial charge >= 0.3 is 5.97 Å². The summed E-state index contributed by atoms with van der Waals surface area (Å²) in [6, 6.07) is 6.08. The third kappa shape index (κ3) is 4.95. The predicted octanol–water partition coefficient (Wildman–Crippen LogP) is 0.156. The fourth-order valence-corrected chi connectivity index (χ4v) is 2.23. The lowest BCUT2D eigenvalue weighted by molar-refractivity contribution is -0.136. The number of carbonyl (C=O) groups is 2. The van der Waals surface area contributed by atoms with Crippen molar-refractivity contribution >= 4 is 27.6 Å².